The molecule has 0 aromatic heterocycles. The first-order valence-corrected chi connectivity index (χ1v) is 5.03. The van der Waals surface area contributed by atoms with Crippen LogP contribution in [0.25, 0.3) is 0 Å². The fourth-order valence-corrected chi connectivity index (χ4v) is 1.51. The Labute approximate surface area is 106 Å². The Hall–Kier alpha value is -1.96. The molecule has 0 fully saturated rings. The second-order valence-corrected chi connectivity index (χ2v) is 3.62. The summed E-state index contributed by atoms with van der Waals surface area (Å²) in [6.07, 6.45) is -4.76. The number of benzene rings is 1. The standard InChI is InChI=1S/C11H12F3NO4/c1-18-7-3-5(9(15)11(12,13)14)6(10(16)17)4-8(7)19-2/h3-4,9H,15H2,1-2H3,(H,16,17)/t9-/m0/s1. The molecule has 0 bridgehead atoms. The van der Waals surface area contributed by atoms with E-state index in [0.717, 1.165) is 12.1 Å². The average Bonchev–Trinajstić information content (AvgIpc) is 2.34. The number of hydrogen-bond acceptors (Lipinski definition) is 4. The van der Waals surface area contributed by atoms with Crippen LogP contribution in [0.15, 0.2) is 12.1 Å². The Morgan fingerprint density at radius 3 is 2.11 bits per heavy atom. The SMILES string of the molecule is COc1cc(C(=O)O)c([C@H](N)C(F)(F)F)cc1OC. The van der Waals surface area contributed by atoms with Crippen molar-refractivity contribution in [3.63, 3.8) is 0 Å². The monoisotopic (exact) mass is 279 g/mol. The number of carboxylic acid groups (broad SMARTS) is 1. The fourth-order valence-electron chi connectivity index (χ4n) is 1.51. The number of carboxylic acids is 1. The second-order valence-electron chi connectivity index (χ2n) is 3.62. The number of halogens is 3. The quantitative estimate of drug-likeness (QED) is 0.880. The number of methoxy groups -OCH3 is 2. The summed E-state index contributed by atoms with van der Waals surface area (Å²) < 4.78 is 47.5. The van der Waals surface area contributed by atoms with Gasteiger partial charge in [-0.25, -0.2) is 4.79 Å². The minimum absolute atomic E-state index is 0.0121. The Morgan fingerprint density at radius 2 is 1.74 bits per heavy atom. The van der Waals surface area contributed by atoms with Crippen molar-refractivity contribution in [3.8, 4) is 11.5 Å². The molecule has 1 aromatic rings. The van der Waals surface area contributed by atoms with Crippen LogP contribution in [0, 0.1) is 0 Å². The van der Waals surface area contributed by atoms with E-state index < -0.39 is 29.3 Å². The van der Waals surface area contributed by atoms with Crippen molar-refractivity contribution in [2.45, 2.75) is 12.2 Å². The molecule has 106 valence electrons. The minimum Gasteiger partial charge on any atom is -0.493 e. The van der Waals surface area contributed by atoms with E-state index in [0.29, 0.717) is 0 Å². The first-order chi connectivity index (χ1) is 8.72. The van der Waals surface area contributed by atoms with Gasteiger partial charge in [-0.1, -0.05) is 0 Å². The summed E-state index contributed by atoms with van der Waals surface area (Å²) in [5.41, 5.74) is 3.87. The van der Waals surface area contributed by atoms with Crippen LogP contribution in [-0.4, -0.2) is 31.5 Å². The highest BCUT2D eigenvalue weighted by molar-refractivity contribution is 5.90. The molecule has 8 heteroatoms. The predicted molar refractivity (Wildman–Crippen MR) is 59.5 cm³/mol. The third kappa shape index (κ3) is 3.08. The van der Waals surface area contributed by atoms with Gasteiger partial charge >= 0.3 is 12.1 Å². The van der Waals surface area contributed by atoms with E-state index in [-0.39, 0.29) is 11.5 Å². The molecule has 0 unspecified atom stereocenters. The van der Waals surface area contributed by atoms with E-state index >= 15 is 0 Å². The molecular formula is C11H12F3NO4. The second kappa shape index (κ2) is 5.35. The van der Waals surface area contributed by atoms with Crippen molar-refractivity contribution in [2.24, 2.45) is 5.73 Å². The molecule has 0 spiro atoms. The lowest BCUT2D eigenvalue weighted by Gasteiger charge is -2.19. The number of aromatic carboxylic acids is 1. The third-order valence-electron chi connectivity index (χ3n) is 2.47. The van der Waals surface area contributed by atoms with Crippen LogP contribution in [-0.2, 0) is 0 Å². The van der Waals surface area contributed by atoms with Crippen LogP contribution < -0.4 is 15.2 Å². The zero-order valence-corrected chi connectivity index (χ0v) is 10.1. The van der Waals surface area contributed by atoms with Crippen molar-refractivity contribution in [3.05, 3.63) is 23.3 Å². The van der Waals surface area contributed by atoms with E-state index in [9.17, 15) is 18.0 Å². The summed E-state index contributed by atoms with van der Waals surface area (Å²) in [5.74, 6) is -1.55. The molecule has 1 aromatic carbocycles. The highest BCUT2D eigenvalue weighted by atomic mass is 19.4. The van der Waals surface area contributed by atoms with Gasteiger partial charge in [-0.2, -0.15) is 13.2 Å². The first-order valence-electron chi connectivity index (χ1n) is 5.03. The fraction of sp³-hybridized carbons (Fsp3) is 0.364. The van der Waals surface area contributed by atoms with Gasteiger partial charge in [-0.05, 0) is 17.7 Å². The van der Waals surface area contributed by atoms with Crippen molar-refractivity contribution in [1.82, 2.24) is 0 Å². The maximum Gasteiger partial charge on any atom is 0.407 e. The molecule has 0 aliphatic heterocycles. The lowest BCUT2D eigenvalue weighted by molar-refractivity contribution is -0.149. The molecule has 0 heterocycles. The zero-order valence-electron chi connectivity index (χ0n) is 10.1. The minimum atomic E-state index is -4.76. The summed E-state index contributed by atoms with van der Waals surface area (Å²) in [5, 5.41) is 8.94. The van der Waals surface area contributed by atoms with E-state index in [2.05, 4.69) is 0 Å². The van der Waals surface area contributed by atoms with Crippen LogP contribution in [0.2, 0.25) is 0 Å². The first kappa shape index (κ1) is 15.1. The lowest BCUT2D eigenvalue weighted by atomic mass is 9.99. The molecular weight excluding hydrogens is 267 g/mol. The van der Waals surface area contributed by atoms with Crippen LogP contribution >= 0.6 is 0 Å². The van der Waals surface area contributed by atoms with Crippen LogP contribution in [0.1, 0.15) is 22.0 Å². The molecule has 1 rings (SSSR count). The van der Waals surface area contributed by atoms with Gasteiger partial charge in [0, 0.05) is 0 Å². The number of rotatable bonds is 4. The third-order valence-corrected chi connectivity index (χ3v) is 2.47. The Kier molecular flexibility index (Phi) is 4.25. The van der Waals surface area contributed by atoms with E-state index in [1.54, 1.807) is 0 Å². The molecule has 0 saturated heterocycles. The van der Waals surface area contributed by atoms with Crippen LogP contribution in [0.5, 0.6) is 11.5 Å². The maximum atomic E-state index is 12.6. The molecule has 0 radical (unpaired) electrons. The van der Waals surface area contributed by atoms with Gasteiger partial charge in [-0.15, -0.1) is 0 Å². The number of nitrogens with two attached hydrogens (primary N) is 1. The van der Waals surface area contributed by atoms with Crippen molar-refractivity contribution < 1.29 is 32.5 Å². The summed E-state index contributed by atoms with van der Waals surface area (Å²) in [4.78, 5) is 11.0. The maximum absolute atomic E-state index is 12.6. The molecule has 3 N–H and O–H groups in total. The predicted octanol–water partition coefficient (Wildman–Crippen LogP) is 1.96. The van der Waals surface area contributed by atoms with Crippen molar-refractivity contribution in [2.75, 3.05) is 14.2 Å². The lowest BCUT2D eigenvalue weighted by Crippen LogP contribution is -2.30. The zero-order chi connectivity index (χ0) is 14.8. The summed E-state index contributed by atoms with van der Waals surface area (Å²) in [7, 11) is 2.47. The summed E-state index contributed by atoms with van der Waals surface area (Å²) >= 11 is 0. The molecule has 0 aliphatic carbocycles. The molecule has 0 amide bonds. The Bertz CT molecular complexity index is 488. The Morgan fingerprint density at radius 1 is 1.26 bits per heavy atom. The molecule has 1 atom stereocenters. The van der Waals surface area contributed by atoms with Gasteiger partial charge < -0.3 is 20.3 Å². The normalized spacial score (nSPS) is 12.9. The molecule has 0 aliphatic rings. The molecule has 5 nitrogen and oxygen atoms in total. The number of alkyl halides is 3. The van der Waals surface area contributed by atoms with Gasteiger partial charge in [0.1, 0.15) is 6.04 Å². The van der Waals surface area contributed by atoms with Gasteiger partial charge in [-0.3, -0.25) is 0 Å². The smallest absolute Gasteiger partial charge is 0.407 e. The molecule has 0 saturated carbocycles. The van der Waals surface area contributed by atoms with Crippen molar-refractivity contribution in [1.29, 1.82) is 0 Å². The highest BCUT2D eigenvalue weighted by Gasteiger charge is 2.40. The van der Waals surface area contributed by atoms with Crippen molar-refractivity contribution >= 4 is 5.97 Å². The number of hydrogen-bond donors (Lipinski definition) is 2. The highest BCUT2D eigenvalue weighted by Crippen LogP contribution is 2.38. The average molecular weight is 279 g/mol. The topological polar surface area (TPSA) is 81.8 Å². The van der Waals surface area contributed by atoms with Gasteiger partial charge in [0.05, 0.1) is 19.8 Å². The molecule has 19 heavy (non-hydrogen) atoms. The largest absolute Gasteiger partial charge is 0.493 e. The summed E-state index contributed by atoms with van der Waals surface area (Å²) in [6.45, 7) is 0. The summed E-state index contributed by atoms with van der Waals surface area (Å²) in [6, 6.07) is -0.555. The van der Waals surface area contributed by atoms with Gasteiger partial charge in [0.2, 0.25) is 0 Å². The van der Waals surface area contributed by atoms with E-state index in [4.69, 9.17) is 20.3 Å². The van der Waals surface area contributed by atoms with Crippen LogP contribution in [0.4, 0.5) is 13.2 Å². The Balaban J connectivity index is 3.48. The van der Waals surface area contributed by atoms with Gasteiger partial charge in [0.15, 0.2) is 11.5 Å². The number of carbonyl (C=O) groups is 1. The van der Waals surface area contributed by atoms with Gasteiger partial charge in [0.25, 0.3) is 0 Å². The van der Waals surface area contributed by atoms with Crippen LogP contribution in [0.3, 0.4) is 0 Å². The van der Waals surface area contributed by atoms with E-state index in [1.807, 2.05) is 0 Å². The van der Waals surface area contributed by atoms with E-state index in [1.165, 1.54) is 14.2 Å². The number of ether oxygens (including phenoxy) is 2.